The Labute approximate surface area is 120 Å². The van der Waals surface area contributed by atoms with E-state index in [9.17, 15) is 4.79 Å². The lowest BCUT2D eigenvalue weighted by Crippen LogP contribution is -2.39. The molecule has 0 spiro atoms. The maximum absolute atomic E-state index is 11.0. The zero-order valence-electron chi connectivity index (χ0n) is 12.5. The summed E-state index contributed by atoms with van der Waals surface area (Å²) in [5, 5.41) is 9.58. The first-order valence-electron chi connectivity index (χ1n) is 7.26. The van der Waals surface area contributed by atoms with Crippen molar-refractivity contribution in [3.8, 4) is 0 Å². The topological polar surface area (TPSA) is 44.7 Å². The highest BCUT2D eigenvalue weighted by molar-refractivity contribution is 5.89. The monoisotopic (exact) mass is 273 g/mol. The Hall–Kier alpha value is -1.84. The number of hydrazone groups is 1. The predicted octanol–water partition coefficient (Wildman–Crippen LogP) is 3.24. The van der Waals surface area contributed by atoms with Gasteiger partial charge in [0.15, 0.2) is 0 Å². The summed E-state index contributed by atoms with van der Waals surface area (Å²) in [6.45, 7) is 5.97. The molecule has 108 valence electrons. The molecule has 2 rings (SSSR count). The van der Waals surface area contributed by atoms with E-state index in [1.807, 2.05) is 30.5 Å². The van der Waals surface area contributed by atoms with Gasteiger partial charge < -0.3 is 5.32 Å². The molecule has 0 bridgehead atoms. The summed E-state index contributed by atoms with van der Waals surface area (Å²) in [4.78, 5) is 11.0. The van der Waals surface area contributed by atoms with E-state index in [-0.39, 0.29) is 5.91 Å². The number of carbonyl (C=O) groups excluding carboxylic acids is 1. The number of amides is 1. The first-order chi connectivity index (χ1) is 9.56. The van der Waals surface area contributed by atoms with Crippen LogP contribution < -0.4 is 5.32 Å². The van der Waals surface area contributed by atoms with Crippen LogP contribution in [-0.2, 0) is 4.79 Å². The SMILES string of the molecule is CC(=O)Nc1ccc(C=NN2C(C)CCCC2C)cc1. The summed E-state index contributed by atoms with van der Waals surface area (Å²) in [5.41, 5.74) is 1.86. The highest BCUT2D eigenvalue weighted by Crippen LogP contribution is 2.22. The van der Waals surface area contributed by atoms with Gasteiger partial charge in [-0.2, -0.15) is 5.10 Å². The molecule has 0 radical (unpaired) electrons. The fourth-order valence-electron chi connectivity index (χ4n) is 2.62. The van der Waals surface area contributed by atoms with Crippen molar-refractivity contribution in [3.63, 3.8) is 0 Å². The number of piperidine rings is 1. The van der Waals surface area contributed by atoms with Crippen molar-refractivity contribution < 1.29 is 4.79 Å². The van der Waals surface area contributed by atoms with Gasteiger partial charge in [-0.05, 0) is 50.8 Å². The van der Waals surface area contributed by atoms with Crippen LogP contribution >= 0.6 is 0 Å². The smallest absolute Gasteiger partial charge is 0.221 e. The van der Waals surface area contributed by atoms with E-state index in [2.05, 4.69) is 29.3 Å². The number of nitrogens with one attached hydrogen (secondary N) is 1. The van der Waals surface area contributed by atoms with Crippen LogP contribution in [0.3, 0.4) is 0 Å². The Morgan fingerprint density at radius 1 is 1.25 bits per heavy atom. The summed E-state index contributed by atoms with van der Waals surface area (Å²) < 4.78 is 0. The molecule has 4 heteroatoms. The molecule has 2 atom stereocenters. The third kappa shape index (κ3) is 3.83. The van der Waals surface area contributed by atoms with Crippen molar-refractivity contribution in [2.75, 3.05) is 5.32 Å². The molecule has 2 unspecified atom stereocenters. The Bertz CT molecular complexity index is 471. The highest BCUT2D eigenvalue weighted by atomic mass is 16.1. The van der Waals surface area contributed by atoms with Crippen LogP contribution in [0.1, 0.15) is 45.6 Å². The third-order valence-corrected chi connectivity index (χ3v) is 3.72. The van der Waals surface area contributed by atoms with Crippen LogP contribution in [0.4, 0.5) is 5.69 Å². The van der Waals surface area contributed by atoms with Crippen molar-refractivity contribution >= 4 is 17.8 Å². The number of rotatable bonds is 3. The Morgan fingerprint density at radius 3 is 2.40 bits per heavy atom. The molecule has 1 aliphatic heterocycles. The molecule has 0 aromatic heterocycles. The van der Waals surface area contributed by atoms with Gasteiger partial charge in [0.05, 0.1) is 6.21 Å². The minimum Gasteiger partial charge on any atom is -0.326 e. The Kier molecular flexibility index (Phi) is 4.77. The molecular weight excluding hydrogens is 250 g/mol. The Morgan fingerprint density at radius 2 is 1.85 bits per heavy atom. The van der Waals surface area contributed by atoms with E-state index in [0.29, 0.717) is 12.1 Å². The van der Waals surface area contributed by atoms with E-state index in [1.54, 1.807) is 0 Å². The molecule has 0 saturated carbocycles. The summed E-state index contributed by atoms with van der Waals surface area (Å²) in [6.07, 6.45) is 5.61. The summed E-state index contributed by atoms with van der Waals surface area (Å²) >= 11 is 0. The van der Waals surface area contributed by atoms with Crippen molar-refractivity contribution in [1.82, 2.24) is 5.01 Å². The predicted molar refractivity (Wildman–Crippen MR) is 83.0 cm³/mol. The van der Waals surface area contributed by atoms with Crippen molar-refractivity contribution in [2.45, 2.75) is 52.1 Å². The van der Waals surface area contributed by atoms with Crippen LogP contribution in [0.5, 0.6) is 0 Å². The standard InChI is InChI=1S/C16H23N3O/c1-12-5-4-6-13(2)19(12)17-11-15-7-9-16(10-8-15)18-14(3)20/h7-13H,4-6H2,1-3H3,(H,18,20). The normalized spacial score (nSPS) is 23.1. The lowest BCUT2D eigenvalue weighted by Gasteiger charge is -2.36. The van der Waals surface area contributed by atoms with Gasteiger partial charge in [0.1, 0.15) is 0 Å². The summed E-state index contributed by atoms with van der Waals surface area (Å²) in [7, 11) is 0. The first-order valence-corrected chi connectivity index (χ1v) is 7.26. The van der Waals surface area contributed by atoms with Gasteiger partial charge in [0, 0.05) is 24.7 Å². The van der Waals surface area contributed by atoms with Crippen LogP contribution in [0, 0.1) is 0 Å². The molecule has 1 heterocycles. The maximum Gasteiger partial charge on any atom is 0.221 e. The van der Waals surface area contributed by atoms with Gasteiger partial charge in [-0.3, -0.25) is 9.80 Å². The van der Waals surface area contributed by atoms with Gasteiger partial charge in [-0.15, -0.1) is 0 Å². The lowest BCUT2D eigenvalue weighted by molar-refractivity contribution is -0.114. The number of hydrogen-bond donors (Lipinski definition) is 1. The quantitative estimate of drug-likeness (QED) is 0.859. The van der Waals surface area contributed by atoms with Crippen LogP contribution in [-0.4, -0.2) is 29.2 Å². The molecule has 1 N–H and O–H groups in total. The van der Waals surface area contributed by atoms with Crippen LogP contribution in [0.15, 0.2) is 29.4 Å². The molecule has 1 aromatic carbocycles. The van der Waals surface area contributed by atoms with Crippen LogP contribution in [0.25, 0.3) is 0 Å². The second-order valence-corrected chi connectivity index (χ2v) is 5.56. The number of nitrogens with zero attached hydrogens (tertiary/aromatic N) is 2. The number of carbonyl (C=O) groups is 1. The number of benzene rings is 1. The molecular formula is C16H23N3O. The second kappa shape index (κ2) is 6.55. The molecule has 20 heavy (non-hydrogen) atoms. The van der Waals surface area contributed by atoms with Crippen LogP contribution in [0.2, 0.25) is 0 Å². The highest BCUT2D eigenvalue weighted by Gasteiger charge is 2.22. The van der Waals surface area contributed by atoms with E-state index in [0.717, 1.165) is 11.3 Å². The molecule has 1 amide bonds. The zero-order chi connectivity index (χ0) is 14.5. The summed E-state index contributed by atoms with van der Waals surface area (Å²) in [5.74, 6) is -0.0533. The molecule has 1 aromatic rings. The summed E-state index contributed by atoms with van der Waals surface area (Å²) in [6, 6.07) is 8.74. The fourth-order valence-corrected chi connectivity index (χ4v) is 2.62. The molecule has 1 fully saturated rings. The minimum absolute atomic E-state index is 0.0533. The lowest BCUT2D eigenvalue weighted by atomic mass is 10.00. The van der Waals surface area contributed by atoms with Gasteiger partial charge in [0.25, 0.3) is 0 Å². The van der Waals surface area contributed by atoms with E-state index < -0.39 is 0 Å². The van der Waals surface area contributed by atoms with Crippen molar-refractivity contribution in [3.05, 3.63) is 29.8 Å². The largest absolute Gasteiger partial charge is 0.326 e. The fraction of sp³-hybridized carbons (Fsp3) is 0.500. The second-order valence-electron chi connectivity index (χ2n) is 5.56. The molecule has 0 aliphatic carbocycles. The molecule has 1 saturated heterocycles. The van der Waals surface area contributed by atoms with Gasteiger partial charge in [-0.25, -0.2) is 0 Å². The van der Waals surface area contributed by atoms with Gasteiger partial charge in [-0.1, -0.05) is 12.1 Å². The zero-order valence-corrected chi connectivity index (χ0v) is 12.5. The average Bonchev–Trinajstić information content (AvgIpc) is 2.39. The Balaban J connectivity index is 2.01. The van der Waals surface area contributed by atoms with Gasteiger partial charge in [0.2, 0.25) is 5.91 Å². The van der Waals surface area contributed by atoms with Crippen molar-refractivity contribution in [1.29, 1.82) is 0 Å². The minimum atomic E-state index is -0.0533. The van der Waals surface area contributed by atoms with E-state index in [1.165, 1.54) is 26.2 Å². The number of anilines is 1. The molecule has 1 aliphatic rings. The van der Waals surface area contributed by atoms with Gasteiger partial charge >= 0.3 is 0 Å². The van der Waals surface area contributed by atoms with Crippen molar-refractivity contribution in [2.24, 2.45) is 5.10 Å². The third-order valence-electron chi connectivity index (χ3n) is 3.72. The number of hydrogen-bond acceptors (Lipinski definition) is 3. The molecule has 4 nitrogen and oxygen atoms in total. The van der Waals surface area contributed by atoms with E-state index >= 15 is 0 Å². The first kappa shape index (κ1) is 14.6. The average molecular weight is 273 g/mol. The van der Waals surface area contributed by atoms with E-state index in [4.69, 9.17) is 0 Å². The maximum atomic E-state index is 11.0.